The number of amides is 2. The van der Waals surface area contributed by atoms with Crippen molar-refractivity contribution in [3.05, 3.63) is 15.5 Å². The monoisotopic (exact) mass is 305 g/mol. The molecule has 6 nitrogen and oxygen atoms in total. The first kappa shape index (κ1) is 15.7. The van der Waals surface area contributed by atoms with Crippen molar-refractivity contribution in [3.8, 4) is 0 Å². The summed E-state index contributed by atoms with van der Waals surface area (Å²) in [5.41, 5.74) is 4.87. The Morgan fingerprint density at radius 3 is 2.63 bits per heavy atom. The zero-order valence-electron chi connectivity index (χ0n) is 10.9. The van der Waals surface area contributed by atoms with Crippen LogP contribution in [0.1, 0.15) is 31.3 Å². The number of primary amides is 1. The predicted molar refractivity (Wildman–Crippen MR) is 73.4 cm³/mol. The maximum absolute atomic E-state index is 12.0. The molecule has 1 unspecified atom stereocenters. The van der Waals surface area contributed by atoms with Gasteiger partial charge in [-0.05, 0) is 5.41 Å². The second-order valence-electron chi connectivity index (χ2n) is 5.01. The van der Waals surface area contributed by atoms with Crippen molar-refractivity contribution in [1.29, 1.82) is 0 Å². The van der Waals surface area contributed by atoms with Gasteiger partial charge in [0.2, 0.25) is 0 Å². The highest BCUT2D eigenvalue weighted by Crippen LogP contribution is 2.21. The van der Waals surface area contributed by atoms with Gasteiger partial charge < -0.3 is 15.8 Å². The Morgan fingerprint density at radius 1 is 1.58 bits per heavy atom. The smallest absolute Gasteiger partial charge is 0.404 e. The fourth-order valence-corrected chi connectivity index (χ4v) is 2.01. The number of halogens is 1. The molecule has 1 rings (SSSR count). The SMILES string of the molecule is CC(C)(C)C(COC(N)=O)NC(=O)c1csc(Cl)n1. The van der Waals surface area contributed by atoms with E-state index in [1.165, 1.54) is 11.3 Å². The third-order valence-corrected chi connectivity index (χ3v) is 3.43. The van der Waals surface area contributed by atoms with Gasteiger partial charge in [0.25, 0.3) is 5.91 Å². The van der Waals surface area contributed by atoms with Crippen molar-refractivity contribution in [1.82, 2.24) is 10.3 Å². The fourth-order valence-electron chi connectivity index (χ4n) is 1.26. The van der Waals surface area contributed by atoms with E-state index in [1.807, 2.05) is 20.8 Å². The summed E-state index contributed by atoms with van der Waals surface area (Å²) in [5.74, 6) is -0.365. The number of nitrogens with zero attached hydrogens (tertiary/aromatic N) is 1. The van der Waals surface area contributed by atoms with E-state index >= 15 is 0 Å². The first-order chi connectivity index (χ1) is 8.70. The lowest BCUT2D eigenvalue weighted by Gasteiger charge is -2.30. The number of hydrogen-bond acceptors (Lipinski definition) is 5. The molecule has 0 radical (unpaired) electrons. The van der Waals surface area contributed by atoms with Gasteiger partial charge in [0, 0.05) is 5.38 Å². The molecule has 0 bridgehead atoms. The summed E-state index contributed by atoms with van der Waals surface area (Å²) in [7, 11) is 0. The Labute approximate surface area is 120 Å². The minimum Gasteiger partial charge on any atom is -0.448 e. The molecule has 0 aliphatic carbocycles. The molecule has 0 fully saturated rings. The summed E-state index contributed by atoms with van der Waals surface area (Å²) < 4.78 is 5.05. The molecule has 0 saturated heterocycles. The standard InChI is InChI=1S/C11H16ClN3O3S/c1-11(2,3)7(4-18-10(13)17)15-8(16)6-5-19-9(12)14-6/h5,7H,4H2,1-3H3,(H2,13,17)(H,15,16). The van der Waals surface area contributed by atoms with Crippen LogP contribution in [0.4, 0.5) is 4.79 Å². The molecular formula is C11H16ClN3O3S. The van der Waals surface area contributed by atoms with Crippen LogP contribution in [0.25, 0.3) is 0 Å². The second kappa shape index (κ2) is 6.21. The van der Waals surface area contributed by atoms with E-state index in [1.54, 1.807) is 5.38 Å². The molecule has 0 aromatic carbocycles. The lowest BCUT2D eigenvalue weighted by Crippen LogP contribution is -2.47. The van der Waals surface area contributed by atoms with Crippen molar-refractivity contribution >= 4 is 34.9 Å². The first-order valence-electron chi connectivity index (χ1n) is 5.54. The summed E-state index contributed by atoms with van der Waals surface area (Å²) in [4.78, 5) is 26.5. The molecule has 1 heterocycles. The minimum absolute atomic E-state index is 0.00242. The topological polar surface area (TPSA) is 94.3 Å². The molecule has 8 heteroatoms. The molecule has 0 aliphatic heterocycles. The highest BCUT2D eigenvalue weighted by molar-refractivity contribution is 7.14. The molecule has 2 amide bonds. The molecular weight excluding hydrogens is 290 g/mol. The van der Waals surface area contributed by atoms with Gasteiger partial charge in [0.1, 0.15) is 12.3 Å². The molecule has 1 aromatic heterocycles. The highest BCUT2D eigenvalue weighted by atomic mass is 35.5. The molecule has 0 saturated carbocycles. The van der Waals surface area contributed by atoms with Gasteiger partial charge in [-0.15, -0.1) is 11.3 Å². The number of rotatable bonds is 4. The molecule has 1 aromatic rings. The summed E-state index contributed by atoms with van der Waals surface area (Å²) in [6, 6.07) is -0.382. The lowest BCUT2D eigenvalue weighted by atomic mass is 9.87. The van der Waals surface area contributed by atoms with E-state index < -0.39 is 6.09 Å². The average Bonchev–Trinajstić information content (AvgIpc) is 2.68. The Balaban J connectivity index is 2.72. The van der Waals surface area contributed by atoms with Gasteiger partial charge in [0.15, 0.2) is 4.47 Å². The summed E-state index contributed by atoms with van der Waals surface area (Å²) >= 11 is 6.85. The van der Waals surface area contributed by atoms with Crippen LogP contribution in [0.2, 0.25) is 4.47 Å². The zero-order valence-corrected chi connectivity index (χ0v) is 12.5. The number of ether oxygens (including phenoxy) is 1. The minimum atomic E-state index is -0.875. The van der Waals surface area contributed by atoms with Crippen LogP contribution in [-0.4, -0.2) is 29.6 Å². The molecule has 3 N–H and O–H groups in total. The van der Waals surface area contributed by atoms with Crippen molar-refractivity contribution in [2.45, 2.75) is 26.8 Å². The number of thiazole rings is 1. The predicted octanol–water partition coefficient (Wildman–Crippen LogP) is 2.04. The molecule has 106 valence electrons. The van der Waals surface area contributed by atoms with E-state index in [0.717, 1.165) is 0 Å². The Hall–Kier alpha value is -1.34. The van der Waals surface area contributed by atoms with Crippen molar-refractivity contribution < 1.29 is 14.3 Å². The average molecular weight is 306 g/mol. The van der Waals surface area contributed by atoms with Crippen molar-refractivity contribution in [3.63, 3.8) is 0 Å². The van der Waals surface area contributed by atoms with Crippen LogP contribution in [0, 0.1) is 5.41 Å². The van der Waals surface area contributed by atoms with Gasteiger partial charge in [-0.25, -0.2) is 9.78 Å². The van der Waals surface area contributed by atoms with Gasteiger partial charge in [-0.3, -0.25) is 4.79 Å². The van der Waals surface area contributed by atoms with E-state index in [4.69, 9.17) is 22.1 Å². The fraction of sp³-hybridized carbons (Fsp3) is 0.545. The number of nitrogens with two attached hydrogens (primary N) is 1. The van der Waals surface area contributed by atoms with Crippen LogP contribution in [0.5, 0.6) is 0 Å². The van der Waals surface area contributed by atoms with Crippen LogP contribution < -0.4 is 11.1 Å². The number of aromatic nitrogens is 1. The van der Waals surface area contributed by atoms with Crippen LogP contribution in [0.3, 0.4) is 0 Å². The van der Waals surface area contributed by atoms with Gasteiger partial charge in [0.05, 0.1) is 6.04 Å². The Kier molecular flexibility index (Phi) is 5.13. The number of carbonyl (C=O) groups is 2. The van der Waals surface area contributed by atoms with Gasteiger partial charge >= 0.3 is 6.09 Å². The van der Waals surface area contributed by atoms with Crippen LogP contribution >= 0.6 is 22.9 Å². The summed E-state index contributed by atoms with van der Waals surface area (Å²) in [5, 5.41) is 4.32. The molecule has 19 heavy (non-hydrogen) atoms. The second-order valence-corrected chi connectivity index (χ2v) is 6.45. The number of hydrogen-bond donors (Lipinski definition) is 2. The maximum atomic E-state index is 12.0. The van der Waals surface area contributed by atoms with E-state index in [9.17, 15) is 9.59 Å². The normalized spacial score (nSPS) is 12.8. The summed E-state index contributed by atoms with van der Waals surface area (Å²) in [6.45, 7) is 5.74. The Bertz CT molecular complexity index is 470. The van der Waals surface area contributed by atoms with Crippen LogP contribution in [0.15, 0.2) is 5.38 Å². The largest absolute Gasteiger partial charge is 0.448 e. The first-order valence-corrected chi connectivity index (χ1v) is 6.80. The van der Waals surface area contributed by atoms with E-state index in [0.29, 0.717) is 4.47 Å². The van der Waals surface area contributed by atoms with Crippen molar-refractivity contribution in [2.24, 2.45) is 11.1 Å². The van der Waals surface area contributed by atoms with Crippen LogP contribution in [-0.2, 0) is 4.74 Å². The van der Waals surface area contributed by atoms with Crippen molar-refractivity contribution in [2.75, 3.05) is 6.61 Å². The molecule has 0 aliphatic rings. The molecule has 1 atom stereocenters. The third kappa shape index (κ3) is 5.04. The van der Waals surface area contributed by atoms with E-state index in [-0.39, 0.29) is 29.7 Å². The lowest BCUT2D eigenvalue weighted by molar-refractivity contribution is 0.0800. The maximum Gasteiger partial charge on any atom is 0.404 e. The van der Waals surface area contributed by atoms with E-state index in [2.05, 4.69) is 10.3 Å². The van der Waals surface area contributed by atoms with Gasteiger partial charge in [-0.2, -0.15) is 0 Å². The zero-order chi connectivity index (χ0) is 14.6. The number of nitrogens with one attached hydrogen (secondary N) is 1. The summed E-state index contributed by atoms with van der Waals surface area (Å²) in [6.07, 6.45) is -0.875. The quantitative estimate of drug-likeness (QED) is 0.890. The molecule has 0 spiro atoms. The Morgan fingerprint density at radius 2 is 2.21 bits per heavy atom. The highest BCUT2D eigenvalue weighted by Gasteiger charge is 2.28. The number of carbonyl (C=O) groups excluding carboxylic acids is 2. The van der Waals surface area contributed by atoms with Gasteiger partial charge in [-0.1, -0.05) is 32.4 Å². The third-order valence-electron chi connectivity index (χ3n) is 2.45.